The van der Waals surface area contributed by atoms with Crippen molar-refractivity contribution in [2.75, 3.05) is 7.11 Å². The average molecular weight is 250 g/mol. The highest BCUT2D eigenvalue weighted by Gasteiger charge is 2.23. The minimum atomic E-state index is -1.22. The number of hydrogen-bond acceptors (Lipinski definition) is 5. The first-order chi connectivity index (χ1) is 8.63. The van der Waals surface area contributed by atoms with Gasteiger partial charge in [0.1, 0.15) is 6.10 Å². The molecular formula is C12H14N2O4. The lowest BCUT2D eigenvalue weighted by Gasteiger charge is -2.17. The van der Waals surface area contributed by atoms with Gasteiger partial charge in [-0.3, -0.25) is 4.79 Å². The van der Waals surface area contributed by atoms with E-state index in [9.17, 15) is 15.0 Å². The lowest BCUT2D eigenvalue weighted by molar-refractivity contribution is -0.144. The first-order valence-corrected chi connectivity index (χ1v) is 5.48. The summed E-state index contributed by atoms with van der Waals surface area (Å²) in [4.78, 5) is 18.0. The van der Waals surface area contributed by atoms with Crippen LogP contribution in [0.5, 0.6) is 0 Å². The van der Waals surface area contributed by atoms with E-state index in [1.807, 2.05) is 6.07 Å². The number of methoxy groups -OCH3 is 1. The number of nitrogens with one attached hydrogen (secondary N) is 1. The number of hydrogen-bond donors (Lipinski definition) is 3. The minimum Gasteiger partial charge on any atom is -0.469 e. The number of rotatable bonds is 4. The third-order valence-corrected chi connectivity index (χ3v) is 2.77. The molecule has 0 amide bonds. The molecule has 0 aliphatic carbocycles. The maximum atomic E-state index is 11.1. The summed E-state index contributed by atoms with van der Waals surface area (Å²) < 4.78 is 4.45. The Kier molecular flexibility index (Phi) is 3.59. The molecule has 6 nitrogen and oxygen atoms in total. The van der Waals surface area contributed by atoms with E-state index < -0.39 is 18.2 Å². The number of fused-ring (bicyclic) bond motifs is 1. The predicted molar refractivity (Wildman–Crippen MR) is 63.7 cm³/mol. The summed E-state index contributed by atoms with van der Waals surface area (Å²) in [5, 5.41) is 19.8. The van der Waals surface area contributed by atoms with Crippen molar-refractivity contribution in [1.82, 2.24) is 9.97 Å². The Labute approximate surface area is 103 Å². The van der Waals surface area contributed by atoms with Crippen LogP contribution in [-0.2, 0) is 9.53 Å². The molecule has 1 aromatic carbocycles. The van der Waals surface area contributed by atoms with Crippen molar-refractivity contribution in [1.29, 1.82) is 0 Å². The quantitative estimate of drug-likeness (QED) is 0.687. The molecule has 0 bridgehead atoms. The molecular weight excluding hydrogens is 236 g/mol. The first-order valence-electron chi connectivity index (χ1n) is 5.48. The zero-order valence-corrected chi connectivity index (χ0v) is 9.83. The predicted octanol–water partition coefficient (Wildman–Crippen LogP) is 0.520. The smallest absolute Gasteiger partial charge is 0.308 e. The van der Waals surface area contributed by atoms with Crippen LogP contribution in [0.25, 0.3) is 11.0 Å². The van der Waals surface area contributed by atoms with Gasteiger partial charge in [-0.05, 0) is 6.07 Å². The fraction of sp³-hybridized carbons (Fsp3) is 0.333. The fourth-order valence-corrected chi connectivity index (χ4v) is 1.80. The number of benzene rings is 1. The van der Waals surface area contributed by atoms with Gasteiger partial charge in [0.2, 0.25) is 0 Å². The largest absolute Gasteiger partial charge is 0.469 e. The molecule has 0 saturated heterocycles. The summed E-state index contributed by atoms with van der Waals surface area (Å²) in [6, 6.07) is 5.21. The number of carbonyl (C=O) groups excluding carboxylic acids is 1. The second kappa shape index (κ2) is 5.16. The van der Waals surface area contributed by atoms with Gasteiger partial charge >= 0.3 is 5.97 Å². The lowest BCUT2D eigenvalue weighted by atomic mass is 10.0. The molecule has 2 rings (SSSR count). The Morgan fingerprint density at radius 1 is 1.50 bits per heavy atom. The van der Waals surface area contributed by atoms with E-state index in [4.69, 9.17) is 0 Å². The number of esters is 1. The minimum absolute atomic E-state index is 0.265. The average Bonchev–Trinajstić information content (AvgIpc) is 2.85. The topological polar surface area (TPSA) is 95.4 Å². The lowest BCUT2D eigenvalue weighted by Crippen LogP contribution is -2.22. The van der Waals surface area contributed by atoms with Gasteiger partial charge in [0.05, 0.1) is 37.0 Å². The molecule has 0 aliphatic rings. The van der Waals surface area contributed by atoms with Crippen molar-refractivity contribution in [3.8, 4) is 0 Å². The number of ether oxygens (including phenoxy) is 1. The summed E-state index contributed by atoms with van der Waals surface area (Å²) >= 11 is 0. The Balaban J connectivity index is 2.25. The monoisotopic (exact) mass is 250 g/mol. The van der Waals surface area contributed by atoms with E-state index in [0.717, 1.165) is 5.52 Å². The molecule has 0 spiro atoms. The van der Waals surface area contributed by atoms with Crippen LogP contribution in [0, 0.1) is 0 Å². The van der Waals surface area contributed by atoms with Crippen molar-refractivity contribution in [2.45, 2.75) is 18.6 Å². The molecule has 0 radical (unpaired) electrons. The zero-order valence-electron chi connectivity index (χ0n) is 9.83. The van der Waals surface area contributed by atoms with Crippen LogP contribution in [0.1, 0.15) is 18.1 Å². The number of aliphatic hydroxyl groups excluding tert-OH is 2. The zero-order chi connectivity index (χ0) is 13.1. The molecule has 1 aromatic heterocycles. The summed E-state index contributed by atoms with van der Waals surface area (Å²) in [6.45, 7) is 0. The summed E-state index contributed by atoms with van der Waals surface area (Å²) in [5.74, 6) is -0.573. The van der Waals surface area contributed by atoms with Crippen LogP contribution in [0.15, 0.2) is 24.5 Å². The van der Waals surface area contributed by atoms with E-state index in [1.165, 1.54) is 13.4 Å². The number of carbonyl (C=O) groups is 1. The van der Waals surface area contributed by atoms with Gasteiger partial charge in [0.25, 0.3) is 0 Å². The van der Waals surface area contributed by atoms with Crippen LogP contribution >= 0.6 is 0 Å². The molecule has 2 unspecified atom stereocenters. The van der Waals surface area contributed by atoms with Crippen LogP contribution in [-0.4, -0.2) is 39.4 Å². The van der Waals surface area contributed by atoms with Crippen LogP contribution < -0.4 is 0 Å². The van der Waals surface area contributed by atoms with E-state index in [0.29, 0.717) is 11.1 Å². The second-order valence-electron chi connectivity index (χ2n) is 3.94. The second-order valence-corrected chi connectivity index (χ2v) is 3.94. The molecule has 0 aliphatic heterocycles. The maximum absolute atomic E-state index is 11.1. The maximum Gasteiger partial charge on any atom is 0.308 e. The Bertz CT molecular complexity index is 552. The van der Waals surface area contributed by atoms with Crippen molar-refractivity contribution in [3.63, 3.8) is 0 Å². The molecule has 18 heavy (non-hydrogen) atoms. The third-order valence-electron chi connectivity index (χ3n) is 2.77. The fourth-order valence-electron chi connectivity index (χ4n) is 1.80. The summed E-state index contributed by atoms with van der Waals surface area (Å²) in [5.41, 5.74) is 1.82. The van der Waals surface area contributed by atoms with Crippen molar-refractivity contribution in [2.24, 2.45) is 0 Å². The van der Waals surface area contributed by atoms with Gasteiger partial charge in [-0.25, -0.2) is 4.98 Å². The van der Waals surface area contributed by atoms with E-state index in [2.05, 4.69) is 14.7 Å². The molecule has 6 heteroatoms. The van der Waals surface area contributed by atoms with Gasteiger partial charge in [0.15, 0.2) is 0 Å². The van der Waals surface area contributed by atoms with Gasteiger partial charge < -0.3 is 19.9 Å². The van der Waals surface area contributed by atoms with Gasteiger partial charge in [-0.15, -0.1) is 0 Å². The van der Waals surface area contributed by atoms with Gasteiger partial charge in [-0.1, -0.05) is 12.1 Å². The van der Waals surface area contributed by atoms with Crippen molar-refractivity contribution in [3.05, 3.63) is 30.1 Å². The summed E-state index contributed by atoms with van der Waals surface area (Å²) in [7, 11) is 1.23. The van der Waals surface area contributed by atoms with Gasteiger partial charge in [0, 0.05) is 5.56 Å². The highest BCUT2D eigenvalue weighted by molar-refractivity contribution is 5.78. The Hall–Kier alpha value is -1.92. The third kappa shape index (κ3) is 2.34. The standard InChI is InChI=1S/C12H14N2O4/c1-18-10(16)5-9(15)12(17)7-3-2-4-8-11(7)14-6-13-8/h2-4,6,9,12,15,17H,5H2,1H3,(H,13,14). The van der Waals surface area contributed by atoms with Crippen LogP contribution in [0.4, 0.5) is 0 Å². The number of imidazole rings is 1. The molecule has 96 valence electrons. The van der Waals surface area contributed by atoms with Crippen molar-refractivity contribution < 1.29 is 19.7 Å². The summed E-state index contributed by atoms with van der Waals surface area (Å²) in [6.07, 6.45) is -1.16. The molecule has 2 aromatic rings. The molecule has 3 N–H and O–H groups in total. The van der Waals surface area contributed by atoms with E-state index in [-0.39, 0.29) is 6.42 Å². The van der Waals surface area contributed by atoms with Crippen molar-refractivity contribution >= 4 is 17.0 Å². The molecule has 2 atom stereocenters. The van der Waals surface area contributed by atoms with E-state index >= 15 is 0 Å². The highest BCUT2D eigenvalue weighted by atomic mass is 16.5. The number of H-pyrrole nitrogens is 1. The SMILES string of the molecule is COC(=O)CC(O)C(O)c1cccc2[nH]cnc12. The Morgan fingerprint density at radius 3 is 3.00 bits per heavy atom. The van der Waals surface area contributed by atoms with Crippen LogP contribution in [0.2, 0.25) is 0 Å². The highest BCUT2D eigenvalue weighted by Crippen LogP contribution is 2.25. The first kappa shape index (κ1) is 12.5. The molecule has 0 saturated carbocycles. The van der Waals surface area contributed by atoms with Crippen LogP contribution in [0.3, 0.4) is 0 Å². The Morgan fingerprint density at radius 2 is 2.28 bits per heavy atom. The van der Waals surface area contributed by atoms with E-state index in [1.54, 1.807) is 12.1 Å². The number of para-hydroxylation sites is 1. The number of aromatic nitrogens is 2. The number of aromatic amines is 1. The van der Waals surface area contributed by atoms with Gasteiger partial charge in [-0.2, -0.15) is 0 Å². The normalized spacial score (nSPS) is 14.4. The number of nitrogens with zero attached hydrogens (tertiary/aromatic N) is 1. The molecule has 0 fully saturated rings. The molecule has 1 heterocycles. The number of aliphatic hydroxyl groups is 2.